The van der Waals surface area contributed by atoms with Crippen LogP contribution >= 0.6 is 0 Å². The fourth-order valence-corrected chi connectivity index (χ4v) is 3.24. The van der Waals surface area contributed by atoms with E-state index in [1.165, 1.54) is 19.3 Å². The minimum absolute atomic E-state index is 0.156. The van der Waals surface area contributed by atoms with Gasteiger partial charge in [-0.05, 0) is 37.5 Å². The van der Waals surface area contributed by atoms with Gasteiger partial charge in [0.1, 0.15) is 18.2 Å². The van der Waals surface area contributed by atoms with Crippen molar-refractivity contribution in [2.75, 3.05) is 38.3 Å². The summed E-state index contributed by atoms with van der Waals surface area (Å²) >= 11 is 0. The van der Waals surface area contributed by atoms with Crippen molar-refractivity contribution >= 4 is 11.7 Å². The maximum atomic E-state index is 12.7. The molecule has 0 bridgehead atoms. The van der Waals surface area contributed by atoms with Gasteiger partial charge >= 0.3 is 0 Å². The molecule has 1 aliphatic heterocycles. The molecule has 0 radical (unpaired) electrons. The van der Waals surface area contributed by atoms with Crippen LogP contribution in [0.4, 0.5) is 5.82 Å². The number of carbonyl (C=O) groups excluding carboxylic acids is 1. The van der Waals surface area contributed by atoms with Crippen molar-refractivity contribution in [2.24, 2.45) is 0 Å². The average Bonchev–Trinajstić information content (AvgIpc) is 2.73. The number of hydrogen-bond acceptors (Lipinski definition) is 5. The number of pyridine rings is 1. The summed E-state index contributed by atoms with van der Waals surface area (Å²) in [6, 6.07) is 11.2. The summed E-state index contributed by atoms with van der Waals surface area (Å²) in [6.07, 6.45) is 5.46. The summed E-state index contributed by atoms with van der Waals surface area (Å²) in [5.74, 6) is 1.38. The second kappa shape index (κ2) is 9.92. The van der Waals surface area contributed by atoms with E-state index in [-0.39, 0.29) is 5.91 Å². The first-order chi connectivity index (χ1) is 13.3. The highest BCUT2D eigenvalue weighted by Gasteiger charge is 2.17. The van der Waals surface area contributed by atoms with Crippen LogP contribution < -0.4 is 15.0 Å². The number of para-hydroxylation sites is 1. The molecule has 0 saturated carbocycles. The molecule has 144 valence electrons. The Bertz CT molecular complexity index is 745. The molecule has 1 aromatic carbocycles. The van der Waals surface area contributed by atoms with E-state index >= 15 is 0 Å². The summed E-state index contributed by atoms with van der Waals surface area (Å²) in [5, 5.41) is 3.01. The number of methoxy groups -OCH3 is 1. The number of nitrogens with zero attached hydrogens (tertiary/aromatic N) is 2. The highest BCUT2D eigenvalue weighted by molar-refractivity contribution is 5.96. The van der Waals surface area contributed by atoms with Gasteiger partial charge in [-0.1, -0.05) is 18.2 Å². The van der Waals surface area contributed by atoms with Crippen LogP contribution in [-0.4, -0.2) is 44.3 Å². The van der Waals surface area contributed by atoms with Crippen LogP contribution in [0.25, 0.3) is 0 Å². The number of rotatable bonds is 8. The van der Waals surface area contributed by atoms with Gasteiger partial charge in [0, 0.05) is 38.5 Å². The third kappa shape index (κ3) is 5.20. The number of carbonyl (C=O) groups is 1. The first kappa shape index (κ1) is 19.2. The van der Waals surface area contributed by atoms with E-state index < -0.39 is 0 Å². The number of nitrogens with one attached hydrogen (secondary N) is 1. The maximum Gasteiger partial charge on any atom is 0.255 e. The highest BCUT2D eigenvalue weighted by Crippen LogP contribution is 2.22. The molecule has 1 N–H and O–H groups in total. The normalized spacial score (nSPS) is 14.0. The molecule has 0 unspecified atom stereocenters. The van der Waals surface area contributed by atoms with E-state index in [1.807, 2.05) is 30.5 Å². The molecule has 1 fully saturated rings. The summed E-state index contributed by atoms with van der Waals surface area (Å²) in [5.41, 5.74) is 1.56. The molecule has 1 amide bonds. The zero-order valence-corrected chi connectivity index (χ0v) is 15.8. The second-order valence-corrected chi connectivity index (χ2v) is 6.55. The van der Waals surface area contributed by atoms with Crippen LogP contribution in [-0.2, 0) is 11.3 Å². The Hall–Kier alpha value is -2.60. The molecule has 1 aliphatic rings. The van der Waals surface area contributed by atoms with Gasteiger partial charge in [0.2, 0.25) is 0 Å². The van der Waals surface area contributed by atoms with Crippen LogP contribution in [0.15, 0.2) is 42.6 Å². The van der Waals surface area contributed by atoms with E-state index in [9.17, 15) is 4.79 Å². The van der Waals surface area contributed by atoms with E-state index in [0.717, 1.165) is 24.5 Å². The average molecular weight is 369 g/mol. The van der Waals surface area contributed by atoms with Crippen LogP contribution in [0.5, 0.6) is 5.75 Å². The monoisotopic (exact) mass is 369 g/mol. The molecule has 0 aliphatic carbocycles. The molecule has 3 rings (SSSR count). The lowest BCUT2D eigenvalue weighted by Gasteiger charge is -2.29. The van der Waals surface area contributed by atoms with Gasteiger partial charge in [-0.2, -0.15) is 0 Å². The number of piperidine rings is 1. The van der Waals surface area contributed by atoms with Gasteiger partial charge in [0.15, 0.2) is 0 Å². The molecular weight excluding hydrogens is 342 g/mol. The predicted octanol–water partition coefficient (Wildman–Crippen LogP) is 3.03. The predicted molar refractivity (Wildman–Crippen MR) is 105 cm³/mol. The fourth-order valence-electron chi connectivity index (χ4n) is 3.24. The molecule has 0 spiro atoms. The van der Waals surface area contributed by atoms with Crippen molar-refractivity contribution in [3.63, 3.8) is 0 Å². The van der Waals surface area contributed by atoms with Gasteiger partial charge in [0.25, 0.3) is 5.91 Å². The number of amides is 1. The number of benzene rings is 1. The molecule has 6 heteroatoms. The van der Waals surface area contributed by atoms with Crippen molar-refractivity contribution in [2.45, 2.75) is 25.8 Å². The smallest absolute Gasteiger partial charge is 0.255 e. The van der Waals surface area contributed by atoms with Crippen LogP contribution in [0.2, 0.25) is 0 Å². The third-order valence-corrected chi connectivity index (χ3v) is 4.64. The van der Waals surface area contributed by atoms with Crippen molar-refractivity contribution in [3.05, 3.63) is 53.7 Å². The van der Waals surface area contributed by atoms with E-state index in [0.29, 0.717) is 31.1 Å². The molecule has 1 aromatic heterocycles. The number of hydrogen-bond donors (Lipinski definition) is 1. The standard InChI is InChI=1S/C21H27N3O3/c1-26-14-15-27-19-10-4-3-9-18(19)21(25)23-16-17-8-7-11-22-20(17)24-12-5-2-6-13-24/h3-4,7-11H,2,5-6,12-16H2,1H3,(H,23,25). The Morgan fingerprint density at radius 1 is 1.11 bits per heavy atom. The highest BCUT2D eigenvalue weighted by atomic mass is 16.5. The molecule has 6 nitrogen and oxygen atoms in total. The van der Waals surface area contributed by atoms with E-state index in [1.54, 1.807) is 19.2 Å². The van der Waals surface area contributed by atoms with Gasteiger partial charge in [0.05, 0.1) is 12.2 Å². The fraction of sp³-hybridized carbons (Fsp3) is 0.429. The van der Waals surface area contributed by atoms with Crippen molar-refractivity contribution in [1.82, 2.24) is 10.3 Å². The zero-order valence-electron chi connectivity index (χ0n) is 15.8. The van der Waals surface area contributed by atoms with Crippen LogP contribution in [0.3, 0.4) is 0 Å². The Morgan fingerprint density at radius 3 is 2.74 bits per heavy atom. The van der Waals surface area contributed by atoms with Crippen LogP contribution in [0, 0.1) is 0 Å². The van der Waals surface area contributed by atoms with Gasteiger partial charge in [-0.25, -0.2) is 4.98 Å². The van der Waals surface area contributed by atoms with Crippen molar-refractivity contribution in [1.29, 1.82) is 0 Å². The van der Waals surface area contributed by atoms with Gasteiger partial charge in [-0.15, -0.1) is 0 Å². The Balaban J connectivity index is 1.66. The quantitative estimate of drug-likeness (QED) is 0.725. The largest absolute Gasteiger partial charge is 0.490 e. The first-order valence-corrected chi connectivity index (χ1v) is 9.47. The van der Waals surface area contributed by atoms with Gasteiger partial charge < -0.3 is 19.7 Å². The molecule has 0 atom stereocenters. The lowest BCUT2D eigenvalue weighted by molar-refractivity contribution is 0.0943. The van der Waals surface area contributed by atoms with Gasteiger partial charge in [-0.3, -0.25) is 4.79 Å². The summed E-state index contributed by atoms with van der Waals surface area (Å²) < 4.78 is 10.7. The Morgan fingerprint density at radius 2 is 1.93 bits per heavy atom. The summed E-state index contributed by atoms with van der Waals surface area (Å²) in [4.78, 5) is 19.6. The van der Waals surface area contributed by atoms with Crippen molar-refractivity contribution in [3.8, 4) is 5.75 Å². The molecule has 27 heavy (non-hydrogen) atoms. The molecular formula is C21H27N3O3. The second-order valence-electron chi connectivity index (χ2n) is 6.55. The van der Waals surface area contributed by atoms with E-state index in [2.05, 4.69) is 15.2 Å². The molecule has 2 heterocycles. The number of anilines is 1. The lowest BCUT2D eigenvalue weighted by Crippen LogP contribution is -2.32. The summed E-state index contributed by atoms with van der Waals surface area (Å²) in [6.45, 7) is 3.36. The molecule has 2 aromatic rings. The third-order valence-electron chi connectivity index (χ3n) is 4.64. The Labute approximate surface area is 160 Å². The lowest BCUT2D eigenvalue weighted by atomic mass is 10.1. The first-order valence-electron chi connectivity index (χ1n) is 9.47. The summed E-state index contributed by atoms with van der Waals surface area (Å²) in [7, 11) is 1.62. The van der Waals surface area contributed by atoms with E-state index in [4.69, 9.17) is 9.47 Å². The number of aromatic nitrogens is 1. The zero-order chi connectivity index (χ0) is 18.9. The SMILES string of the molecule is COCCOc1ccccc1C(=O)NCc1cccnc1N1CCCCC1. The minimum atomic E-state index is -0.156. The topological polar surface area (TPSA) is 63.7 Å². The Kier molecular flexibility index (Phi) is 7.04. The number of ether oxygens (including phenoxy) is 2. The minimum Gasteiger partial charge on any atom is -0.490 e. The molecule has 1 saturated heterocycles. The van der Waals surface area contributed by atoms with Crippen LogP contribution in [0.1, 0.15) is 35.2 Å². The van der Waals surface area contributed by atoms with Crippen molar-refractivity contribution < 1.29 is 14.3 Å². The maximum absolute atomic E-state index is 12.7.